The predicted octanol–water partition coefficient (Wildman–Crippen LogP) is 4.18. The van der Waals surface area contributed by atoms with Gasteiger partial charge in [-0.25, -0.2) is 4.98 Å². The zero-order chi connectivity index (χ0) is 19.1. The maximum Gasteiger partial charge on any atom is 0.262 e. The summed E-state index contributed by atoms with van der Waals surface area (Å²) in [4.78, 5) is 31.8. The zero-order valence-corrected chi connectivity index (χ0v) is 16.8. The Labute approximate surface area is 166 Å². The summed E-state index contributed by atoms with van der Waals surface area (Å²) in [5, 5.41) is 4.07. The van der Waals surface area contributed by atoms with Crippen LogP contribution in [0.5, 0.6) is 0 Å². The lowest BCUT2D eigenvalue weighted by atomic mass is 9.89. The number of nitrogens with zero attached hydrogens (tertiary/aromatic N) is 2. The number of halogens is 1. The van der Waals surface area contributed by atoms with Gasteiger partial charge in [-0.15, -0.1) is 11.3 Å². The Kier molecular flexibility index (Phi) is 4.78. The summed E-state index contributed by atoms with van der Waals surface area (Å²) in [6.07, 6.45) is 4.47. The maximum absolute atomic E-state index is 13.0. The van der Waals surface area contributed by atoms with E-state index in [0.717, 1.165) is 35.2 Å². The lowest BCUT2D eigenvalue weighted by molar-refractivity contribution is -0.116. The molecule has 140 valence electrons. The van der Waals surface area contributed by atoms with Crippen LogP contribution in [0.4, 0.5) is 5.69 Å². The molecule has 2 aromatic heterocycles. The fourth-order valence-corrected chi connectivity index (χ4v) is 5.03. The Balaban J connectivity index is 1.60. The van der Waals surface area contributed by atoms with Gasteiger partial charge in [-0.05, 0) is 55.4 Å². The van der Waals surface area contributed by atoms with Crippen molar-refractivity contribution in [3.8, 4) is 0 Å². The van der Waals surface area contributed by atoms with Crippen LogP contribution in [-0.4, -0.2) is 15.5 Å². The molecule has 3 aromatic rings. The Hall–Kier alpha value is -2.18. The quantitative estimate of drug-likeness (QED) is 0.715. The first-order chi connectivity index (χ1) is 12.9. The summed E-state index contributed by atoms with van der Waals surface area (Å²) in [6, 6.07) is 5.34. The number of rotatable bonds is 3. The molecular weight excluding hydrogens is 382 g/mol. The normalized spacial score (nSPS) is 16.3. The average molecular weight is 402 g/mol. The number of aryl methyl sites for hydroxylation is 2. The molecule has 7 heteroatoms. The molecule has 27 heavy (non-hydrogen) atoms. The number of fused-ring (bicyclic) bond motifs is 3. The molecule has 0 radical (unpaired) electrons. The molecule has 1 amide bonds. The Bertz CT molecular complexity index is 1100. The van der Waals surface area contributed by atoms with E-state index in [1.807, 2.05) is 13.0 Å². The van der Waals surface area contributed by atoms with Crippen LogP contribution in [0.3, 0.4) is 0 Å². The van der Waals surface area contributed by atoms with Gasteiger partial charge in [-0.3, -0.25) is 14.2 Å². The minimum absolute atomic E-state index is 0.0751. The largest absolute Gasteiger partial charge is 0.324 e. The first-order valence-electron chi connectivity index (χ1n) is 8.98. The molecule has 0 unspecified atom stereocenters. The second-order valence-electron chi connectivity index (χ2n) is 7.22. The average Bonchev–Trinajstić information content (AvgIpc) is 2.98. The van der Waals surface area contributed by atoms with E-state index >= 15 is 0 Å². The first-order valence-corrected chi connectivity index (χ1v) is 10.2. The molecule has 5 nitrogen and oxygen atoms in total. The SMILES string of the molecule is Cc1ccc(NC(=O)Cn2cnc3sc4c(c3c2=O)CC[C@@H](C)C4)cc1Cl. The van der Waals surface area contributed by atoms with E-state index in [0.29, 0.717) is 22.0 Å². The smallest absolute Gasteiger partial charge is 0.262 e. The van der Waals surface area contributed by atoms with Crippen LogP contribution in [-0.2, 0) is 24.2 Å². The number of hydrogen-bond donors (Lipinski definition) is 1. The fourth-order valence-electron chi connectivity index (χ4n) is 3.50. The third-order valence-corrected chi connectivity index (χ3v) is 6.62. The van der Waals surface area contributed by atoms with Crippen LogP contribution in [0.2, 0.25) is 5.02 Å². The van der Waals surface area contributed by atoms with Crippen LogP contribution >= 0.6 is 22.9 Å². The second-order valence-corrected chi connectivity index (χ2v) is 8.71. The molecule has 2 heterocycles. The van der Waals surface area contributed by atoms with E-state index < -0.39 is 0 Å². The van der Waals surface area contributed by atoms with Crippen LogP contribution in [0.15, 0.2) is 29.3 Å². The highest BCUT2D eigenvalue weighted by molar-refractivity contribution is 7.18. The number of amides is 1. The molecule has 4 rings (SSSR count). The van der Waals surface area contributed by atoms with Crippen LogP contribution in [0, 0.1) is 12.8 Å². The van der Waals surface area contributed by atoms with E-state index in [4.69, 9.17) is 11.6 Å². The summed E-state index contributed by atoms with van der Waals surface area (Å²) in [5.74, 6) is 0.357. The van der Waals surface area contributed by atoms with Crippen molar-refractivity contribution in [2.24, 2.45) is 5.92 Å². The van der Waals surface area contributed by atoms with Crippen molar-refractivity contribution in [3.05, 3.63) is 55.9 Å². The van der Waals surface area contributed by atoms with E-state index in [2.05, 4.69) is 17.2 Å². The van der Waals surface area contributed by atoms with Gasteiger partial charge in [0.25, 0.3) is 5.56 Å². The van der Waals surface area contributed by atoms with Crippen LogP contribution < -0.4 is 10.9 Å². The van der Waals surface area contributed by atoms with Crippen molar-refractivity contribution in [2.75, 3.05) is 5.32 Å². The molecule has 1 aliphatic rings. The minimum Gasteiger partial charge on any atom is -0.324 e. The summed E-state index contributed by atoms with van der Waals surface area (Å²) >= 11 is 7.71. The molecular formula is C20H20ClN3O2S. The fraction of sp³-hybridized carbons (Fsp3) is 0.350. The number of thiophene rings is 1. The highest BCUT2D eigenvalue weighted by Crippen LogP contribution is 2.35. The van der Waals surface area contributed by atoms with Crippen molar-refractivity contribution >= 4 is 44.7 Å². The van der Waals surface area contributed by atoms with Gasteiger partial charge >= 0.3 is 0 Å². The number of carbonyl (C=O) groups excluding carboxylic acids is 1. The molecule has 1 aliphatic carbocycles. The number of aromatic nitrogens is 2. The van der Waals surface area contributed by atoms with Gasteiger partial charge in [-0.1, -0.05) is 24.6 Å². The van der Waals surface area contributed by atoms with E-state index in [1.165, 1.54) is 15.8 Å². The number of nitrogens with one attached hydrogen (secondary N) is 1. The number of benzene rings is 1. The predicted molar refractivity (Wildman–Crippen MR) is 110 cm³/mol. The zero-order valence-electron chi connectivity index (χ0n) is 15.2. The third-order valence-electron chi connectivity index (χ3n) is 5.05. The molecule has 0 saturated carbocycles. The lowest BCUT2D eigenvalue weighted by Crippen LogP contribution is -2.28. The minimum atomic E-state index is -0.282. The molecule has 0 aliphatic heterocycles. The molecule has 1 N–H and O–H groups in total. The molecule has 1 atom stereocenters. The van der Waals surface area contributed by atoms with E-state index in [-0.39, 0.29) is 18.0 Å². The molecule has 1 aromatic carbocycles. The van der Waals surface area contributed by atoms with E-state index in [9.17, 15) is 9.59 Å². The number of anilines is 1. The number of hydrogen-bond acceptors (Lipinski definition) is 4. The van der Waals surface area contributed by atoms with Crippen molar-refractivity contribution in [1.82, 2.24) is 9.55 Å². The van der Waals surface area contributed by atoms with Gasteiger partial charge < -0.3 is 5.32 Å². The first kappa shape index (κ1) is 18.2. The van der Waals surface area contributed by atoms with Crippen molar-refractivity contribution in [2.45, 2.75) is 39.7 Å². The summed E-state index contributed by atoms with van der Waals surface area (Å²) in [6.45, 7) is 4.06. The van der Waals surface area contributed by atoms with Gasteiger partial charge in [0.1, 0.15) is 11.4 Å². The second kappa shape index (κ2) is 7.09. The third kappa shape index (κ3) is 3.51. The highest BCUT2D eigenvalue weighted by atomic mass is 35.5. The van der Waals surface area contributed by atoms with Crippen LogP contribution in [0.1, 0.15) is 29.3 Å². The van der Waals surface area contributed by atoms with Gasteiger partial charge in [0.2, 0.25) is 5.91 Å². The number of carbonyl (C=O) groups is 1. The van der Waals surface area contributed by atoms with Crippen molar-refractivity contribution in [1.29, 1.82) is 0 Å². The van der Waals surface area contributed by atoms with Gasteiger partial charge in [-0.2, -0.15) is 0 Å². The van der Waals surface area contributed by atoms with Gasteiger partial charge in [0.15, 0.2) is 0 Å². The van der Waals surface area contributed by atoms with Gasteiger partial charge in [0.05, 0.1) is 11.7 Å². The molecule has 0 spiro atoms. The summed E-state index contributed by atoms with van der Waals surface area (Å²) < 4.78 is 1.39. The standard InChI is InChI=1S/C20H20ClN3O2S/c1-11-3-6-14-16(7-11)27-19-18(14)20(26)24(10-22-19)9-17(25)23-13-5-4-12(2)15(21)8-13/h4-5,8,10-11H,3,6-7,9H2,1-2H3,(H,23,25)/t11-/m1/s1. The van der Waals surface area contributed by atoms with E-state index in [1.54, 1.807) is 23.5 Å². The summed E-state index contributed by atoms with van der Waals surface area (Å²) in [5.41, 5.74) is 2.55. The lowest BCUT2D eigenvalue weighted by Gasteiger charge is -2.17. The Morgan fingerprint density at radius 2 is 2.26 bits per heavy atom. The Morgan fingerprint density at radius 1 is 1.44 bits per heavy atom. The topological polar surface area (TPSA) is 64.0 Å². The summed E-state index contributed by atoms with van der Waals surface area (Å²) in [7, 11) is 0. The molecule has 0 saturated heterocycles. The Morgan fingerprint density at radius 3 is 3.04 bits per heavy atom. The van der Waals surface area contributed by atoms with Crippen LogP contribution in [0.25, 0.3) is 10.2 Å². The van der Waals surface area contributed by atoms with Gasteiger partial charge in [0, 0.05) is 15.6 Å². The maximum atomic E-state index is 13.0. The van der Waals surface area contributed by atoms with Crippen molar-refractivity contribution < 1.29 is 4.79 Å². The molecule has 0 bridgehead atoms. The monoisotopic (exact) mass is 401 g/mol. The highest BCUT2D eigenvalue weighted by Gasteiger charge is 2.23. The van der Waals surface area contributed by atoms with Crippen molar-refractivity contribution in [3.63, 3.8) is 0 Å². The molecule has 0 fully saturated rings.